The third-order valence-corrected chi connectivity index (χ3v) is 4.27. The van der Waals surface area contributed by atoms with E-state index in [1.807, 2.05) is 0 Å². The standard InChI is InChI=1S/C13H25N3O2/c1-13(2)10(7-11(13)17-3)16-12(14)15-8-9-5-4-6-18-9/h9-11H,4-8H2,1-3H3,(H3,14,15,16). The van der Waals surface area contributed by atoms with Crippen LogP contribution in [0, 0.1) is 5.41 Å². The van der Waals surface area contributed by atoms with Crippen molar-refractivity contribution < 1.29 is 9.47 Å². The maximum absolute atomic E-state index is 5.91. The number of aliphatic imine (C=N–C) groups is 1. The summed E-state index contributed by atoms with van der Waals surface area (Å²) in [5.74, 6) is 0.526. The maximum atomic E-state index is 5.91. The summed E-state index contributed by atoms with van der Waals surface area (Å²) < 4.78 is 10.9. The number of nitrogens with two attached hydrogens (primary N) is 1. The highest BCUT2D eigenvalue weighted by atomic mass is 16.5. The van der Waals surface area contributed by atoms with Crippen LogP contribution in [0.5, 0.6) is 0 Å². The van der Waals surface area contributed by atoms with Crippen molar-refractivity contribution >= 4 is 5.96 Å². The molecule has 2 fully saturated rings. The number of hydrogen-bond donors (Lipinski definition) is 2. The minimum Gasteiger partial charge on any atom is -0.381 e. The summed E-state index contributed by atoms with van der Waals surface area (Å²) in [6.45, 7) is 5.91. The molecule has 3 atom stereocenters. The third kappa shape index (κ3) is 2.78. The van der Waals surface area contributed by atoms with Crippen molar-refractivity contribution in [2.75, 3.05) is 20.3 Å². The van der Waals surface area contributed by atoms with E-state index >= 15 is 0 Å². The minimum atomic E-state index is 0.110. The van der Waals surface area contributed by atoms with Crippen molar-refractivity contribution in [2.45, 2.75) is 51.4 Å². The van der Waals surface area contributed by atoms with Crippen molar-refractivity contribution in [2.24, 2.45) is 16.1 Å². The van der Waals surface area contributed by atoms with E-state index in [2.05, 4.69) is 24.2 Å². The third-order valence-electron chi connectivity index (χ3n) is 4.27. The van der Waals surface area contributed by atoms with Crippen LogP contribution in [-0.2, 0) is 9.47 Å². The second-order valence-electron chi connectivity index (χ2n) is 5.84. The quantitative estimate of drug-likeness (QED) is 0.578. The van der Waals surface area contributed by atoms with Crippen LogP contribution in [0.4, 0.5) is 0 Å². The van der Waals surface area contributed by atoms with Gasteiger partial charge in [0.1, 0.15) is 0 Å². The molecule has 3 unspecified atom stereocenters. The lowest BCUT2D eigenvalue weighted by atomic mass is 9.64. The van der Waals surface area contributed by atoms with Gasteiger partial charge < -0.3 is 20.5 Å². The molecular weight excluding hydrogens is 230 g/mol. The molecule has 0 radical (unpaired) electrons. The Kier molecular flexibility index (Phi) is 4.12. The number of rotatable bonds is 4. The van der Waals surface area contributed by atoms with Gasteiger partial charge in [0, 0.05) is 25.2 Å². The number of methoxy groups -OCH3 is 1. The molecule has 0 spiro atoms. The molecule has 1 aliphatic heterocycles. The highest BCUT2D eigenvalue weighted by Gasteiger charge is 2.48. The molecule has 3 N–H and O–H groups in total. The molecule has 0 bridgehead atoms. The SMILES string of the molecule is COC1CC(NC(N)=NCC2CCCO2)C1(C)C. The Morgan fingerprint density at radius 2 is 2.33 bits per heavy atom. The number of nitrogens with zero attached hydrogens (tertiary/aromatic N) is 1. The predicted molar refractivity (Wildman–Crippen MR) is 71.6 cm³/mol. The Balaban J connectivity index is 1.77. The number of hydrogen-bond acceptors (Lipinski definition) is 3. The van der Waals surface area contributed by atoms with E-state index in [1.165, 1.54) is 0 Å². The summed E-state index contributed by atoms with van der Waals surface area (Å²) >= 11 is 0. The van der Waals surface area contributed by atoms with Crippen LogP contribution in [0.2, 0.25) is 0 Å². The molecule has 1 heterocycles. The Bertz CT molecular complexity index is 311. The summed E-state index contributed by atoms with van der Waals surface area (Å²) in [6, 6.07) is 0.343. The van der Waals surface area contributed by atoms with E-state index in [1.54, 1.807) is 7.11 Å². The van der Waals surface area contributed by atoms with E-state index in [0.29, 0.717) is 24.7 Å². The highest BCUT2D eigenvalue weighted by molar-refractivity contribution is 5.78. The van der Waals surface area contributed by atoms with Crippen molar-refractivity contribution in [1.82, 2.24) is 5.32 Å². The van der Waals surface area contributed by atoms with Gasteiger partial charge in [-0.15, -0.1) is 0 Å². The fourth-order valence-electron chi connectivity index (χ4n) is 2.74. The Hall–Kier alpha value is -0.810. The van der Waals surface area contributed by atoms with Crippen molar-refractivity contribution in [3.8, 4) is 0 Å². The molecule has 1 saturated carbocycles. The van der Waals surface area contributed by atoms with Gasteiger partial charge in [-0.3, -0.25) is 4.99 Å². The Morgan fingerprint density at radius 3 is 2.89 bits per heavy atom. The molecule has 18 heavy (non-hydrogen) atoms. The van der Waals surface area contributed by atoms with Crippen LogP contribution < -0.4 is 11.1 Å². The predicted octanol–water partition coefficient (Wildman–Crippen LogP) is 0.883. The number of nitrogens with one attached hydrogen (secondary N) is 1. The molecule has 5 nitrogen and oxygen atoms in total. The smallest absolute Gasteiger partial charge is 0.188 e. The zero-order valence-electron chi connectivity index (χ0n) is 11.6. The molecule has 0 aromatic rings. The van der Waals surface area contributed by atoms with E-state index in [-0.39, 0.29) is 11.5 Å². The highest BCUT2D eigenvalue weighted by Crippen LogP contribution is 2.42. The van der Waals surface area contributed by atoms with Crippen LogP contribution in [0.3, 0.4) is 0 Å². The molecule has 0 aromatic heterocycles. The van der Waals surface area contributed by atoms with Gasteiger partial charge in [-0.1, -0.05) is 13.8 Å². The van der Waals surface area contributed by atoms with Gasteiger partial charge in [-0.2, -0.15) is 0 Å². The monoisotopic (exact) mass is 255 g/mol. The van der Waals surface area contributed by atoms with Crippen LogP contribution >= 0.6 is 0 Å². The van der Waals surface area contributed by atoms with Gasteiger partial charge in [-0.05, 0) is 19.3 Å². The lowest BCUT2D eigenvalue weighted by Crippen LogP contribution is -2.62. The van der Waals surface area contributed by atoms with Crippen molar-refractivity contribution in [3.63, 3.8) is 0 Å². The second-order valence-corrected chi connectivity index (χ2v) is 5.84. The van der Waals surface area contributed by atoms with E-state index in [4.69, 9.17) is 15.2 Å². The molecule has 5 heteroatoms. The second kappa shape index (κ2) is 5.45. The molecule has 0 amide bonds. The summed E-state index contributed by atoms with van der Waals surface area (Å²) in [7, 11) is 1.76. The van der Waals surface area contributed by atoms with Crippen molar-refractivity contribution in [1.29, 1.82) is 0 Å². The average molecular weight is 255 g/mol. The number of ether oxygens (including phenoxy) is 2. The molecule has 104 valence electrons. The summed E-state index contributed by atoms with van der Waals surface area (Å²) in [5, 5.41) is 3.29. The molecule has 0 aromatic carbocycles. The summed E-state index contributed by atoms with van der Waals surface area (Å²) in [5.41, 5.74) is 6.02. The van der Waals surface area contributed by atoms with Crippen LogP contribution in [-0.4, -0.2) is 44.5 Å². The molecule has 2 rings (SSSR count). The van der Waals surface area contributed by atoms with Crippen LogP contribution in [0.1, 0.15) is 33.1 Å². The fraction of sp³-hybridized carbons (Fsp3) is 0.923. The maximum Gasteiger partial charge on any atom is 0.188 e. The summed E-state index contributed by atoms with van der Waals surface area (Å²) in [6.07, 6.45) is 3.78. The topological polar surface area (TPSA) is 68.9 Å². The van der Waals surface area contributed by atoms with Gasteiger partial charge >= 0.3 is 0 Å². The molecule has 1 aliphatic carbocycles. The fourth-order valence-corrected chi connectivity index (χ4v) is 2.74. The first-order valence-electron chi connectivity index (χ1n) is 6.75. The normalized spacial score (nSPS) is 35.3. The van der Waals surface area contributed by atoms with Gasteiger partial charge in [0.25, 0.3) is 0 Å². The first-order chi connectivity index (χ1) is 8.54. The average Bonchev–Trinajstić information content (AvgIpc) is 2.84. The van der Waals surface area contributed by atoms with Crippen molar-refractivity contribution in [3.05, 3.63) is 0 Å². The Labute approximate surface area is 109 Å². The Morgan fingerprint density at radius 1 is 1.56 bits per heavy atom. The zero-order valence-corrected chi connectivity index (χ0v) is 11.6. The largest absolute Gasteiger partial charge is 0.381 e. The first-order valence-corrected chi connectivity index (χ1v) is 6.75. The van der Waals surface area contributed by atoms with Gasteiger partial charge in [-0.25, -0.2) is 0 Å². The van der Waals surface area contributed by atoms with Crippen LogP contribution in [0.25, 0.3) is 0 Å². The zero-order chi connectivity index (χ0) is 13.2. The molecule has 2 aliphatic rings. The number of guanidine groups is 1. The van der Waals surface area contributed by atoms with E-state index in [0.717, 1.165) is 25.9 Å². The lowest BCUT2D eigenvalue weighted by Gasteiger charge is -2.51. The minimum absolute atomic E-state index is 0.110. The van der Waals surface area contributed by atoms with Crippen LogP contribution in [0.15, 0.2) is 4.99 Å². The molecule has 1 saturated heterocycles. The lowest BCUT2D eigenvalue weighted by molar-refractivity contribution is -0.0921. The van der Waals surface area contributed by atoms with Gasteiger partial charge in [0.05, 0.1) is 18.8 Å². The van der Waals surface area contributed by atoms with E-state index < -0.39 is 0 Å². The van der Waals surface area contributed by atoms with Gasteiger partial charge in [0.2, 0.25) is 0 Å². The summed E-state index contributed by atoms with van der Waals surface area (Å²) in [4.78, 5) is 4.36. The van der Waals surface area contributed by atoms with E-state index in [9.17, 15) is 0 Å². The first kappa shape index (κ1) is 13.6. The van der Waals surface area contributed by atoms with Gasteiger partial charge in [0.15, 0.2) is 5.96 Å². The molecular formula is C13H25N3O2.